The van der Waals surface area contributed by atoms with Gasteiger partial charge in [-0.1, -0.05) is 0 Å². The Balaban J connectivity index is 2.65. The summed E-state index contributed by atoms with van der Waals surface area (Å²) < 4.78 is 5.23. The van der Waals surface area contributed by atoms with E-state index in [0.717, 1.165) is 5.75 Å². The van der Waals surface area contributed by atoms with Crippen LogP contribution in [0.3, 0.4) is 0 Å². The van der Waals surface area contributed by atoms with Crippen LogP contribution in [0.5, 0.6) is 0 Å². The molecule has 1 atom stereocenters. The van der Waals surface area contributed by atoms with E-state index in [9.17, 15) is 14.4 Å². The zero-order valence-electron chi connectivity index (χ0n) is 14.8. The summed E-state index contributed by atoms with van der Waals surface area (Å²) in [5.41, 5.74) is -0.628. The van der Waals surface area contributed by atoms with Crippen molar-refractivity contribution < 1.29 is 24.2 Å². The molecule has 24 heavy (non-hydrogen) atoms. The fourth-order valence-corrected chi connectivity index (χ4v) is 2.98. The van der Waals surface area contributed by atoms with Crippen LogP contribution in [0.25, 0.3) is 0 Å². The lowest BCUT2D eigenvalue weighted by Crippen LogP contribution is -2.52. The van der Waals surface area contributed by atoms with E-state index in [0.29, 0.717) is 32.4 Å². The summed E-state index contributed by atoms with van der Waals surface area (Å²) in [7, 11) is 0. The Bertz CT molecular complexity index is 456. The van der Waals surface area contributed by atoms with Gasteiger partial charge in [0.1, 0.15) is 11.6 Å². The van der Waals surface area contributed by atoms with Gasteiger partial charge in [-0.3, -0.25) is 9.59 Å². The number of carbonyl (C=O) groups is 3. The zero-order chi connectivity index (χ0) is 18.3. The first kappa shape index (κ1) is 20.6. The summed E-state index contributed by atoms with van der Waals surface area (Å²) in [6, 6.07) is -0.645. The summed E-state index contributed by atoms with van der Waals surface area (Å²) in [4.78, 5) is 37.3. The van der Waals surface area contributed by atoms with Gasteiger partial charge in [-0.15, -0.1) is 0 Å². The average Bonchev–Trinajstić information content (AvgIpc) is 2.49. The van der Waals surface area contributed by atoms with Gasteiger partial charge < -0.3 is 20.1 Å². The lowest BCUT2D eigenvalue weighted by atomic mass is 9.96. The molecule has 2 N–H and O–H groups in total. The summed E-state index contributed by atoms with van der Waals surface area (Å²) in [6.45, 7) is 6.11. The zero-order valence-corrected chi connectivity index (χ0v) is 15.6. The molecule has 0 aliphatic carbocycles. The molecule has 0 spiro atoms. The highest BCUT2D eigenvalue weighted by molar-refractivity contribution is 7.98. The third-order valence-corrected chi connectivity index (χ3v) is 4.40. The minimum atomic E-state index is -0.812. The van der Waals surface area contributed by atoms with Crippen molar-refractivity contribution in [3.63, 3.8) is 0 Å². The average molecular weight is 360 g/mol. The number of thioether (sulfide) groups is 1. The fourth-order valence-electron chi connectivity index (χ4n) is 2.51. The van der Waals surface area contributed by atoms with E-state index >= 15 is 0 Å². The van der Waals surface area contributed by atoms with Crippen molar-refractivity contribution in [3.8, 4) is 0 Å². The minimum absolute atomic E-state index is 0.168. The summed E-state index contributed by atoms with van der Waals surface area (Å²) in [5, 5.41) is 11.7. The Hall–Kier alpha value is -1.44. The molecule has 0 unspecified atom stereocenters. The molecule has 8 heteroatoms. The maximum Gasteiger partial charge on any atom is 0.408 e. The molecule has 1 saturated heterocycles. The van der Waals surface area contributed by atoms with Crippen LogP contribution in [-0.2, 0) is 14.3 Å². The third kappa shape index (κ3) is 6.98. The van der Waals surface area contributed by atoms with Crippen LogP contribution in [0.15, 0.2) is 0 Å². The van der Waals surface area contributed by atoms with Crippen molar-refractivity contribution in [1.29, 1.82) is 0 Å². The van der Waals surface area contributed by atoms with Crippen LogP contribution in [0.1, 0.15) is 40.0 Å². The van der Waals surface area contributed by atoms with E-state index in [1.165, 1.54) is 0 Å². The molecule has 1 aliphatic rings. The number of likely N-dealkylation sites (tertiary alicyclic amines) is 1. The second-order valence-electron chi connectivity index (χ2n) is 6.92. The number of nitrogens with one attached hydrogen (secondary N) is 1. The lowest BCUT2D eigenvalue weighted by Gasteiger charge is -2.33. The Morgan fingerprint density at radius 1 is 1.29 bits per heavy atom. The predicted molar refractivity (Wildman–Crippen MR) is 93.1 cm³/mol. The standard InChI is InChI=1S/C16H28N2O5S/c1-16(2,3)23-15(22)17-12(7-10-24-4)13(19)18-8-5-11(6-9-18)14(20)21/h11-12H,5-10H2,1-4H3,(H,17,22)(H,20,21)/t12-/m0/s1. The number of hydrogen-bond donors (Lipinski definition) is 2. The SMILES string of the molecule is CSCC[C@H](NC(=O)OC(C)(C)C)C(=O)N1CCC(C(=O)O)CC1. The highest BCUT2D eigenvalue weighted by Crippen LogP contribution is 2.19. The molecule has 0 saturated carbocycles. The number of amides is 2. The molecule has 1 fully saturated rings. The van der Waals surface area contributed by atoms with Gasteiger partial charge in [0, 0.05) is 13.1 Å². The second-order valence-corrected chi connectivity index (χ2v) is 7.90. The normalized spacial score (nSPS) is 17.2. The van der Waals surface area contributed by atoms with Gasteiger partial charge in [0.05, 0.1) is 5.92 Å². The second kappa shape index (κ2) is 9.15. The summed E-state index contributed by atoms with van der Waals surface area (Å²) in [6.07, 6.45) is 2.74. The smallest absolute Gasteiger partial charge is 0.408 e. The molecule has 7 nitrogen and oxygen atoms in total. The number of ether oxygens (including phenoxy) is 1. The number of rotatable bonds is 6. The number of nitrogens with zero attached hydrogens (tertiary/aromatic N) is 1. The minimum Gasteiger partial charge on any atom is -0.481 e. The molecule has 138 valence electrons. The number of piperidine rings is 1. The highest BCUT2D eigenvalue weighted by Gasteiger charge is 2.32. The molecule has 0 aromatic heterocycles. The molecule has 1 rings (SSSR count). The van der Waals surface area contributed by atoms with Crippen LogP contribution < -0.4 is 5.32 Å². The number of carboxylic acid groups (broad SMARTS) is 1. The fraction of sp³-hybridized carbons (Fsp3) is 0.812. The summed E-state index contributed by atoms with van der Waals surface area (Å²) >= 11 is 1.60. The molecule has 0 bridgehead atoms. The van der Waals surface area contributed by atoms with Gasteiger partial charge in [-0.25, -0.2) is 4.79 Å². The molecule has 0 radical (unpaired) electrons. The Labute approximate surface area is 147 Å². The van der Waals surface area contributed by atoms with Crippen LogP contribution in [0.2, 0.25) is 0 Å². The van der Waals surface area contributed by atoms with E-state index in [1.54, 1.807) is 37.4 Å². The van der Waals surface area contributed by atoms with Crippen molar-refractivity contribution >= 4 is 29.7 Å². The van der Waals surface area contributed by atoms with Gasteiger partial charge in [0.15, 0.2) is 0 Å². The van der Waals surface area contributed by atoms with Gasteiger partial charge in [0.2, 0.25) is 5.91 Å². The van der Waals surface area contributed by atoms with Crippen LogP contribution in [-0.4, -0.2) is 64.7 Å². The van der Waals surface area contributed by atoms with Crippen molar-refractivity contribution in [3.05, 3.63) is 0 Å². The first-order valence-electron chi connectivity index (χ1n) is 8.14. The molecule has 1 aliphatic heterocycles. The number of carbonyl (C=O) groups excluding carboxylic acids is 2. The third-order valence-electron chi connectivity index (χ3n) is 3.76. The van der Waals surface area contributed by atoms with E-state index in [-0.39, 0.29) is 5.91 Å². The number of carboxylic acids is 1. The van der Waals surface area contributed by atoms with E-state index in [1.807, 2.05) is 6.26 Å². The van der Waals surface area contributed by atoms with Gasteiger partial charge in [-0.05, 0) is 52.0 Å². The molecule has 0 aromatic carbocycles. The van der Waals surface area contributed by atoms with E-state index < -0.39 is 29.6 Å². The largest absolute Gasteiger partial charge is 0.481 e. The van der Waals surface area contributed by atoms with Crippen LogP contribution in [0.4, 0.5) is 4.79 Å². The van der Waals surface area contributed by atoms with Gasteiger partial charge in [-0.2, -0.15) is 11.8 Å². The highest BCUT2D eigenvalue weighted by atomic mass is 32.2. The van der Waals surface area contributed by atoms with Crippen LogP contribution in [0, 0.1) is 5.92 Å². The Kier molecular flexibility index (Phi) is 7.86. The molecular formula is C16H28N2O5S. The Morgan fingerprint density at radius 2 is 1.88 bits per heavy atom. The summed E-state index contributed by atoms with van der Waals surface area (Å²) in [5.74, 6) is -0.637. The molecule has 2 amide bonds. The maximum atomic E-state index is 12.7. The van der Waals surface area contributed by atoms with Crippen molar-refractivity contribution in [2.75, 3.05) is 25.1 Å². The molecule has 0 aromatic rings. The monoisotopic (exact) mass is 360 g/mol. The first-order valence-corrected chi connectivity index (χ1v) is 9.53. The van der Waals surface area contributed by atoms with E-state index in [2.05, 4.69) is 5.32 Å². The maximum absolute atomic E-state index is 12.7. The first-order chi connectivity index (χ1) is 11.1. The number of hydrogen-bond acceptors (Lipinski definition) is 5. The quantitative estimate of drug-likeness (QED) is 0.752. The van der Waals surface area contributed by atoms with Gasteiger partial charge in [0.25, 0.3) is 0 Å². The van der Waals surface area contributed by atoms with Crippen LogP contribution >= 0.6 is 11.8 Å². The van der Waals surface area contributed by atoms with Crippen molar-refractivity contribution in [2.24, 2.45) is 5.92 Å². The molecule has 1 heterocycles. The van der Waals surface area contributed by atoms with E-state index in [4.69, 9.17) is 9.84 Å². The number of aliphatic carboxylic acids is 1. The predicted octanol–water partition coefficient (Wildman–Crippen LogP) is 1.96. The Morgan fingerprint density at radius 3 is 2.33 bits per heavy atom. The molecular weight excluding hydrogens is 332 g/mol. The van der Waals surface area contributed by atoms with Crippen molar-refractivity contribution in [1.82, 2.24) is 10.2 Å². The lowest BCUT2D eigenvalue weighted by molar-refractivity contribution is -0.146. The number of alkyl carbamates (subject to hydrolysis) is 1. The van der Waals surface area contributed by atoms with Crippen molar-refractivity contribution in [2.45, 2.75) is 51.7 Å². The topological polar surface area (TPSA) is 95.9 Å². The van der Waals surface area contributed by atoms with Gasteiger partial charge >= 0.3 is 12.1 Å².